The molecule has 0 aromatic carbocycles. The molecule has 1 aliphatic carbocycles. The molecule has 6 heteroatoms. The molecule has 0 atom stereocenters. The number of rotatable bonds is 2. The predicted octanol–water partition coefficient (Wildman–Crippen LogP) is 3.37. The van der Waals surface area contributed by atoms with E-state index in [1.165, 1.54) is 0 Å². The number of aromatic nitrogens is 1. The first-order chi connectivity index (χ1) is 7.49. The van der Waals surface area contributed by atoms with E-state index in [0.717, 1.165) is 5.56 Å². The smallest absolute Gasteiger partial charge is 0.248 e. The van der Waals surface area contributed by atoms with E-state index < -0.39 is 11.5 Å². The summed E-state index contributed by atoms with van der Waals surface area (Å²) in [5, 5.41) is 0. The molecule has 1 aliphatic rings. The van der Waals surface area contributed by atoms with Crippen LogP contribution in [-0.2, 0) is 6.42 Å². The maximum absolute atomic E-state index is 13.0. The van der Waals surface area contributed by atoms with Crippen LogP contribution < -0.4 is 5.73 Å². The van der Waals surface area contributed by atoms with Crippen molar-refractivity contribution in [1.82, 2.24) is 4.98 Å². The Labute approximate surface area is 118 Å². The molecule has 1 aromatic rings. The van der Waals surface area contributed by atoms with Gasteiger partial charge >= 0.3 is 0 Å². The van der Waals surface area contributed by atoms with Gasteiger partial charge in [0, 0.05) is 30.8 Å². The van der Waals surface area contributed by atoms with Crippen molar-refractivity contribution in [3.05, 3.63) is 30.1 Å². The normalized spacial score (nSPS) is 20.4. The molecule has 1 saturated carbocycles. The average molecular weight is 299 g/mol. The van der Waals surface area contributed by atoms with E-state index in [-0.39, 0.29) is 37.7 Å². The molecule has 0 amide bonds. The molecule has 2 N–H and O–H groups in total. The quantitative estimate of drug-likeness (QED) is 0.909. The second kappa shape index (κ2) is 6.64. The monoisotopic (exact) mass is 298 g/mol. The van der Waals surface area contributed by atoms with Crippen molar-refractivity contribution in [2.24, 2.45) is 5.73 Å². The highest BCUT2D eigenvalue weighted by Crippen LogP contribution is 2.38. The molecular formula is C12H18Cl2F2N2. The molecule has 18 heavy (non-hydrogen) atoms. The Kier molecular flexibility index (Phi) is 6.47. The Morgan fingerprint density at radius 2 is 1.56 bits per heavy atom. The lowest BCUT2D eigenvalue weighted by molar-refractivity contribution is -0.0505. The van der Waals surface area contributed by atoms with Gasteiger partial charge in [0.05, 0.1) is 0 Å². The number of pyridine rings is 1. The highest BCUT2D eigenvalue weighted by atomic mass is 35.5. The van der Waals surface area contributed by atoms with Crippen LogP contribution >= 0.6 is 24.8 Å². The number of hydrogen-bond donors (Lipinski definition) is 1. The van der Waals surface area contributed by atoms with Crippen molar-refractivity contribution in [2.75, 3.05) is 0 Å². The number of halogens is 4. The summed E-state index contributed by atoms with van der Waals surface area (Å²) in [6.07, 6.45) is 4.67. The van der Waals surface area contributed by atoms with Crippen molar-refractivity contribution in [2.45, 2.75) is 43.6 Å². The van der Waals surface area contributed by atoms with Crippen LogP contribution in [0.25, 0.3) is 0 Å². The molecule has 2 nitrogen and oxygen atoms in total. The standard InChI is InChI=1S/C12H16F2N2.2ClH/c13-12(14)5-3-11(15,4-6-12)9-10-1-7-16-8-2-10;;/h1-2,7-8H,3-6,9,15H2;2*1H. The molecular weight excluding hydrogens is 281 g/mol. The van der Waals surface area contributed by atoms with E-state index in [0.29, 0.717) is 19.3 Å². The van der Waals surface area contributed by atoms with E-state index in [4.69, 9.17) is 5.73 Å². The van der Waals surface area contributed by atoms with Crippen molar-refractivity contribution in [3.63, 3.8) is 0 Å². The van der Waals surface area contributed by atoms with Crippen LogP contribution in [0.5, 0.6) is 0 Å². The Balaban J connectivity index is 0.00000144. The molecule has 0 unspecified atom stereocenters. The molecule has 2 rings (SSSR count). The van der Waals surface area contributed by atoms with Gasteiger partial charge in [-0.1, -0.05) is 0 Å². The maximum atomic E-state index is 13.0. The maximum Gasteiger partial charge on any atom is 0.248 e. The minimum Gasteiger partial charge on any atom is -0.325 e. The van der Waals surface area contributed by atoms with Gasteiger partial charge in [0.1, 0.15) is 0 Å². The van der Waals surface area contributed by atoms with Gasteiger partial charge in [-0.25, -0.2) is 8.78 Å². The van der Waals surface area contributed by atoms with Crippen LogP contribution in [0.3, 0.4) is 0 Å². The van der Waals surface area contributed by atoms with Crippen LogP contribution in [0.4, 0.5) is 8.78 Å². The molecule has 1 heterocycles. The first-order valence-corrected chi connectivity index (χ1v) is 5.55. The summed E-state index contributed by atoms with van der Waals surface area (Å²) in [5.41, 5.74) is 6.76. The van der Waals surface area contributed by atoms with E-state index in [9.17, 15) is 8.78 Å². The summed E-state index contributed by atoms with van der Waals surface area (Å²) in [4.78, 5) is 3.92. The Hall–Kier alpha value is -0.450. The molecule has 104 valence electrons. The molecule has 0 spiro atoms. The van der Waals surface area contributed by atoms with Crippen LogP contribution in [0.15, 0.2) is 24.5 Å². The first-order valence-electron chi connectivity index (χ1n) is 5.55. The zero-order valence-electron chi connectivity index (χ0n) is 9.94. The number of nitrogens with zero attached hydrogens (tertiary/aromatic N) is 1. The predicted molar refractivity (Wildman–Crippen MR) is 72.8 cm³/mol. The van der Waals surface area contributed by atoms with Gasteiger partial charge in [0.25, 0.3) is 0 Å². The number of alkyl halides is 2. The Morgan fingerprint density at radius 3 is 2.06 bits per heavy atom. The minimum absolute atomic E-state index is 0. The molecule has 0 saturated heterocycles. The van der Waals surface area contributed by atoms with E-state index >= 15 is 0 Å². The Bertz CT molecular complexity index is 350. The fraction of sp³-hybridized carbons (Fsp3) is 0.583. The molecule has 1 aromatic heterocycles. The van der Waals surface area contributed by atoms with Gasteiger partial charge in [0.2, 0.25) is 5.92 Å². The number of nitrogens with two attached hydrogens (primary N) is 1. The van der Waals surface area contributed by atoms with Gasteiger partial charge < -0.3 is 5.73 Å². The summed E-state index contributed by atoms with van der Waals surface area (Å²) < 4.78 is 26.0. The second-order valence-electron chi connectivity index (χ2n) is 4.75. The van der Waals surface area contributed by atoms with Gasteiger partial charge in [-0.05, 0) is 37.0 Å². The third-order valence-corrected chi connectivity index (χ3v) is 3.28. The lowest BCUT2D eigenvalue weighted by atomic mass is 9.77. The van der Waals surface area contributed by atoms with Crippen LogP contribution in [0.2, 0.25) is 0 Å². The van der Waals surface area contributed by atoms with Gasteiger partial charge in [-0.15, -0.1) is 24.8 Å². The Morgan fingerprint density at radius 1 is 1.06 bits per heavy atom. The minimum atomic E-state index is -2.51. The topological polar surface area (TPSA) is 38.9 Å². The fourth-order valence-corrected chi connectivity index (χ4v) is 2.20. The van der Waals surface area contributed by atoms with Gasteiger partial charge in [-0.2, -0.15) is 0 Å². The summed E-state index contributed by atoms with van der Waals surface area (Å²) in [5.74, 6) is -2.51. The molecule has 0 radical (unpaired) electrons. The van der Waals surface area contributed by atoms with Crippen molar-refractivity contribution >= 4 is 24.8 Å². The highest BCUT2D eigenvalue weighted by molar-refractivity contribution is 5.85. The van der Waals surface area contributed by atoms with Crippen molar-refractivity contribution < 1.29 is 8.78 Å². The van der Waals surface area contributed by atoms with Crippen molar-refractivity contribution in [1.29, 1.82) is 0 Å². The number of hydrogen-bond acceptors (Lipinski definition) is 2. The van der Waals surface area contributed by atoms with E-state index in [1.807, 2.05) is 12.1 Å². The summed E-state index contributed by atoms with van der Waals surface area (Å²) in [7, 11) is 0. The zero-order valence-corrected chi connectivity index (χ0v) is 11.6. The fourth-order valence-electron chi connectivity index (χ4n) is 2.20. The summed E-state index contributed by atoms with van der Waals surface area (Å²) in [6, 6.07) is 3.78. The van der Waals surface area contributed by atoms with Crippen LogP contribution in [0.1, 0.15) is 31.2 Å². The first kappa shape index (κ1) is 17.6. The lowest BCUT2D eigenvalue weighted by Gasteiger charge is -2.37. The van der Waals surface area contributed by atoms with Gasteiger partial charge in [0.15, 0.2) is 0 Å². The van der Waals surface area contributed by atoms with Crippen LogP contribution in [0, 0.1) is 0 Å². The van der Waals surface area contributed by atoms with Gasteiger partial charge in [-0.3, -0.25) is 4.98 Å². The van der Waals surface area contributed by atoms with Crippen molar-refractivity contribution in [3.8, 4) is 0 Å². The molecule has 1 fully saturated rings. The third-order valence-electron chi connectivity index (χ3n) is 3.28. The molecule has 0 aliphatic heterocycles. The van der Waals surface area contributed by atoms with Crippen LogP contribution in [-0.4, -0.2) is 16.4 Å². The zero-order chi connectivity index (χ0) is 11.6. The average Bonchev–Trinajstić information content (AvgIpc) is 2.25. The largest absolute Gasteiger partial charge is 0.325 e. The third kappa shape index (κ3) is 4.67. The SMILES string of the molecule is Cl.Cl.NC1(Cc2ccncc2)CCC(F)(F)CC1. The molecule has 0 bridgehead atoms. The van der Waals surface area contributed by atoms with E-state index in [2.05, 4.69) is 4.98 Å². The summed E-state index contributed by atoms with van der Waals surface area (Å²) in [6.45, 7) is 0. The van der Waals surface area contributed by atoms with E-state index in [1.54, 1.807) is 12.4 Å². The lowest BCUT2D eigenvalue weighted by Crippen LogP contribution is -2.47. The highest BCUT2D eigenvalue weighted by Gasteiger charge is 2.40. The second-order valence-corrected chi connectivity index (χ2v) is 4.75. The summed E-state index contributed by atoms with van der Waals surface area (Å²) >= 11 is 0.